The molecule has 1 saturated heterocycles. The zero-order valence-corrected chi connectivity index (χ0v) is 14.7. The Kier molecular flexibility index (Phi) is 4.26. The lowest BCUT2D eigenvalue weighted by Gasteiger charge is -2.38. The topological polar surface area (TPSA) is 68.7 Å². The van der Waals surface area contributed by atoms with Crippen LogP contribution in [0.3, 0.4) is 0 Å². The fourth-order valence-electron chi connectivity index (χ4n) is 3.98. The standard InChI is InChI=1S/C16H22BrN5O/c17-14-10-19-16-13(9-15(18)20-22(14)16)11-1-3-12(4-2-11)21-5-7-23-8-6-21/h9-12H,1-8H2,(H2,18,20)/t11-,12-. The van der Waals surface area contributed by atoms with Crippen LogP contribution in [0.2, 0.25) is 0 Å². The van der Waals surface area contributed by atoms with Gasteiger partial charge in [-0.1, -0.05) is 0 Å². The van der Waals surface area contributed by atoms with Crippen LogP contribution in [0.25, 0.3) is 5.65 Å². The average Bonchev–Trinajstić information content (AvgIpc) is 2.96. The number of hydrogen-bond donors (Lipinski definition) is 1. The SMILES string of the molecule is Nc1cc([C@H]2CC[C@H](N3CCOCC3)CC2)c2ncc(Br)n2n1. The van der Waals surface area contributed by atoms with Gasteiger partial charge in [0.1, 0.15) is 10.4 Å². The van der Waals surface area contributed by atoms with Gasteiger partial charge in [0.25, 0.3) is 0 Å². The Morgan fingerprint density at radius 3 is 2.65 bits per heavy atom. The lowest BCUT2D eigenvalue weighted by Crippen LogP contribution is -2.44. The Morgan fingerprint density at radius 1 is 1.17 bits per heavy atom. The molecule has 2 fully saturated rings. The maximum absolute atomic E-state index is 6.00. The summed E-state index contributed by atoms with van der Waals surface area (Å²) >= 11 is 3.48. The molecule has 2 aliphatic rings. The number of anilines is 1. The number of ether oxygens (including phenoxy) is 1. The Bertz CT molecular complexity index is 689. The summed E-state index contributed by atoms with van der Waals surface area (Å²) in [5.74, 6) is 1.08. The first-order valence-electron chi connectivity index (χ1n) is 8.34. The molecule has 4 rings (SSSR count). The molecule has 0 bridgehead atoms. The highest BCUT2D eigenvalue weighted by Gasteiger charge is 2.29. The van der Waals surface area contributed by atoms with E-state index in [1.807, 2.05) is 6.07 Å². The fourth-order valence-corrected chi connectivity index (χ4v) is 4.33. The molecule has 6 nitrogen and oxygen atoms in total. The van der Waals surface area contributed by atoms with E-state index >= 15 is 0 Å². The van der Waals surface area contributed by atoms with Crippen LogP contribution in [0.15, 0.2) is 16.9 Å². The number of nitrogens with zero attached hydrogens (tertiary/aromatic N) is 4. The van der Waals surface area contributed by atoms with Crippen molar-refractivity contribution < 1.29 is 4.74 Å². The zero-order valence-electron chi connectivity index (χ0n) is 13.1. The van der Waals surface area contributed by atoms with Crippen LogP contribution in [0.4, 0.5) is 5.82 Å². The smallest absolute Gasteiger partial charge is 0.158 e. The molecule has 23 heavy (non-hydrogen) atoms. The van der Waals surface area contributed by atoms with Crippen molar-refractivity contribution in [3.63, 3.8) is 0 Å². The monoisotopic (exact) mass is 379 g/mol. The highest BCUT2D eigenvalue weighted by Crippen LogP contribution is 2.37. The second kappa shape index (κ2) is 6.37. The molecule has 0 unspecified atom stereocenters. The number of nitrogen functional groups attached to an aromatic ring is 1. The molecule has 3 heterocycles. The van der Waals surface area contributed by atoms with E-state index in [1.165, 1.54) is 31.2 Å². The highest BCUT2D eigenvalue weighted by atomic mass is 79.9. The second-order valence-corrected chi connectivity index (χ2v) is 7.31. The number of morpholine rings is 1. The van der Waals surface area contributed by atoms with Crippen molar-refractivity contribution in [3.05, 3.63) is 22.4 Å². The Balaban J connectivity index is 1.52. The molecule has 1 aliphatic carbocycles. The summed E-state index contributed by atoms with van der Waals surface area (Å²) in [6.45, 7) is 3.91. The predicted molar refractivity (Wildman–Crippen MR) is 92.5 cm³/mol. The summed E-state index contributed by atoms with van der Waals surface area (Å²) in [5.41, 5.74) is 8.17. The largest absolute Gasteiger partial charge is 0.382 e. The summed E-state index contributed by atoms with van der Waals surface area (Å²) in [6, 6.07) is 2.71. The van der Waals surface area contributed by atoms with E-state index in [4.69, 9.17) is 10.5 Å². The minimum absolute atomic E-state index is 0.523. The van der Waals surface area contributed by atoms with Crippen LogP contribution in [0, 0.1) is 0 Å². The predicted octanol–water partition coefficient (Wildman–Crippen LogP) is 2.43. The minimum Gasteiger partial charge on any atom is -0.382 e. The van der Waals surface area contributed by atoms with Gasteiger partial charge >= 0.3 is 0 Å². The van der Waals surface area contributed by atoms with Gasteiger partial charge in [-0.05, 0) is 53.6 Å². The van der Waals surface area contributed by atoms with Crippen molar-refractivity contribution >= 4 is 27.4 Å². The Labute approximate surface area is 144 Å². The van der Waals surface area contributed by atoms with Crippen molar-refractivity contribution in [2.45, 2.75) is 37.6 Å². The summed E-state index contributed by atoms with van der Waals surface area (Å²) in [7, 11) is 0. The number of aromatic nitrogens is 3. The molecule has 124 valence electrons. The summed E-state index contributed by atoms with van der Waals surface area (Å²) < 4.78 is 8.12. The Hall–Kier alpha value is -1.18. The number of hydrogen-bond acceptors (Lipinski definition) is 5. The maximum atomic E-state index is 6.00. The van der Waals surface area contributed by atoms with Crippen LogP contribution in [-0.4, -0.2) is 51.8 Å². The number of nitrogens with two attached hydrogens (primary N) is 1. The van der Waals surface area contributed by atoms with Crippen LogP contribution in [-0.2, 0) is 4.74 Å². The first kappa shape index (κ1) is 15.4. The third-order valence-corrected chi connectivity index (χ3v) is 5.71. The third-order valence-electron chi connectivity index (χ3n) is 5.17. The van der Waals surface area contributed by atoms with Gasteiger partial charge in [0.05, 0.1) is 19.4 Å². The molecule has 0 atom stereocenters. The quantitative estimate of drug-likeness (QED) is 0.867. The number of rotatable bonds is 2. The first-order valence-corrected chi connectivity index (χ1v) is 9.13. The third kappa shape index (κ3) is 2.97. The van der Waals surface area contributed by atoms with E-state index < -0.39 is 0 Å². The zero-order chi connectivity index (χ0) is 15.8. The first-order chi connectivity index (χ1) is 11.2. The fraction of sp³-hybridized carbons (Fsp3) is 0.625. The van der Waals surface area contributed by atoms with E-state index in [-0.39, 0.29) is 0 Å². The van der Waals surface area contributed by atoms with Crippen LogP contribution < -0.4 is 5.73 Å². The molecule has 0 spiro atoms. The minimum atomic E-state index is 0.523. The van der Waals surface area contributed by atoms with Crippen molar-refractivity contribution in [2.75, 3.05) is 32.0 Å². The van der Waals surface area contributed by atoms with E-state index in [0.29, 0.717) is 17.8 Å². The van der Waals surface area contributed by atoms with Crippen LogP contribution in [0.5, 0.6) is 0 Å². The molecular formula is C16H22BrN5O. The highest BCUT2D eigenvalue weighted by molar-refractivity contribution is 9.10. The van der Waals surface area contributed by atoms with Crippen molar-refractivity contribution in [1.82, 2.24) is 19.5 Å². The molecule has 0 amide bonds. The second-order valence-electron chi connectivity index (χ2n) is 6.49. The average molecular weight is 380 g/mol. The maximum Gasteiger partial charge on any atom is 0.158 e. The molecular weight excluding hydrogens is 358 g/mol. The van der Waals surface area contributed by atoms with Gasteiger partial charge in [0.15, 0.2) is 5.65 Å². The summed E-state index contributed by atoms with van der Waals surface area (Å²) in [4.78, 5) is 7.11. The lowest BCUT2D eigenvalue weighted by molar-refractivity contribution is 0.00731. The van der Waals surface area contributed by atoms with Gasteiger partial charge in [-0.25, -0.2) is 9.50 Å². The molecule has 0 radical (unpaired) electrons. The van der Waals surface area contributed by atoms with E-state index in [2.05, 4.69) is 30.9 Å². The van der Waals surface area contributed by atoms with Crippen LogP contribution in [0.1, 0.15) is 37.2 Å². The van der Waals surface area contributed by atoms with Crippen molar-refractivity contribution in [1.29, 1.82) is 0 Å². The molecule has 2 aromatic rings. The van der Waals surface area contributed by atoms with Gasteiger partial charge < -0.3 is 10.5 Å². The lowest BCUT2D eigenvalue weighted by atomic mass is 9.81. The number of fused-ring (bicyclic) bond motifs is 1. The van der Waals surface area contributed by atoms with Gasteiger partial charge in [-0.3, -0.25) is 4.90 Å². The van der Waals surface area contributed by atoms with Crippen LogP contribution >= 0.6 is 15.9 Å². The summed E-state index contributed by atoms with van der Waals surface area (Å²) in [5, 5.41) is 4.34. The van der Waals surface area contributed by atoms with E-state index in [9.17, 15) is 0 Å². The van der Waals surface area contributed by atoms with Gasteiger partial charge in [0.2, 0.25) is 0 Å². The van der Waals surface area contributed by atoms with Crippen molar-refractivity contribution in [3.8, 4) is 0 Å². The molecule has 2 aromatic heterocycles. The van der Waals surface area contributed by atoms with Gasteiger partial charge in [-0.2, -0.15) is 0 Å². The number of imidazole rings is 1. The van der Waals surface area contributed by atoms with Gasteiger partial charge in [-0.15, -0.1) is 5.10 Å². The van der Waals surface area contributed by atoms with E-state index in [0.717, 1.165) is 36.6 Å². The molecule has 7 heteroatoms. The molecule has 2 N–H and O–H groups in total. The summed E-state index contributed by atoms with van der Waals surface area (Å²) in [6.07, 6.45) is 6.64. The van der Waals surface area contributed by atoms with Gasteiger partial charge in [0, 0.05) is 24.7 Å². The molecule has 1 aliphatic heterocycles. The normalized spacial score (nSPS) is 26.7. The van der Waals surface area contributed by atoms with Crippen molar-refractivity contribution in [2.24, 2.45) is 0 Å². The van der Waals surface area contributed by atoms with E-state index in [1.54, 1.807) is 10.7 Å². The number of halogens is 1. The Morgan fingerprint density at radius 2 is 1.91 bits per heavy atom. The molecule has 0 aromatic carbocycles. The molecule has 1 saturated carbocycles.